The van der Waals surface area contributed by atoms with Crippen LogP contribution in [0.1, 0.15) is 16.7 Å². The summed E-state index contributed by atoms with van der Waals surface area (Å²) in [5.41, 5.74) is 2.37. The molecule has 1 aromatic heterocycles. The van der Waals surface area contributed by atoms with Crippen LogP contribution < -0.4 is 10.1 Å². The molecular formula is C24H20ClFN4O3S. The molecule has 0 unspecified atom stereocenters. The Kier molecular flexibility index (Phi) is 6.97. The molecule has 0 aliphatic carbocycles. The van der Waals surface area contributed by atoms with Gasteiger partial charge < -0.3 is 15.2 Å². The molecule has 0 aliphatic heterocycles. The minimum Gasteiger partial charge on any atom is -0.492 e. The Balaban J connectivity index is 1.51. The van der Waals surface area contributed by atoms with Crippen molar-refractivity contribution >= 4 is 39.7 Å². The largest absolute Gasteiger partial charge is 0.492 e. The zero-order chi connectivity index (χ0) is 24.2. The molecule has 7 nitrogen and oxygen atoms in total. The smallest absolute Gasteiger partial charge is 0.236 e. The summed E-state index contributed by atoms with van der Waals surface area (Å²) < 4.78 is 22.9. The van der Waals surface area contributed by atoms with Crippen LogP contribution in [-0.2, 0) is 6.54 Å². The number of hydroxylamine groups is 2. The standard InChI is InChI=1S/C24H20ClFN4O3S/c1-14-11-17(33-20-10-7-16(26)12-18(20)25)8-9-19(14)28-24-21(23(31)29-34-24)22(27)30(32)13-15-5-3-2-4-6-15/h2-12,27-28,32H,13H2,1H3,(H,29,31). The predicted octanol–water partition coefficient (Wildman–Crippen LogP) is 6.70. The molecule has 4 N–H and O–H groups in total. The molecule has 0 aliphatic rings. The summed E-state index contributed by atoms with van der Waals surface area (Å²) in [6.45, 7) is 1.92. The van der Waals surface area contributed by atoms with Gasteiger partial charge in [-0.1, -0.05) is 41.9 Å². The van der Waals surface area contributed by atoms with E-state index >= 15 is 0 Å². The number of halogens is 2. The Bertz CT molecular complexity index is 1330. The molecule has 3 aromatic carbocycles. The summed E-state index contributed by atoms with van der Waals surface area (Å²) in [6, 6.07) is 18.3. The zero-order valence-corrected chi connectivity index (χ0v) is 19.5. The zero-order valence-electron chi connectivity index (χ0n) is 17.9. The van der Waals surface area contributed by atoms with Gasteiger partial charge in [-0.2, -0.15) is 4.37 Å². The van der Waals surface area contributed by atoms with E-state index < -0.39 is 5.82 Å². The van der Waals surface area contributed by atoms with Crippen LogP contribution in [0.3, 0.4) is 0 Å². The number of amidine groups is 1. The van der Waals surface area contributed by atoms with E-state index in [1.807, 2.05) is 37.3 Å². The van der Waals surface area contributed by atoms with Crippen LogP contribution in [0.2, 0.25) is 5.02 Å². The van der Waals surface area contributed by atoms with E-state index in [0.717, 1.165) is 27.7 Å². The van der Waals surface area contributed by atoms with Crippen molar-refractivity contribution in [2.45, 2.75) is 13.5 Å². The molecule has 0 spiro atoms. The maximum absolute atomic E-state index is 13.3. The van der Waals surface area contributed by atoms with E-state index in [1.165, 1.54) is 18.2 Å². The van der Waals surface area contributed by atoms with Gasteiger partial charge in [0.1, 0.15) is 27.9 Å². The SMILES string of the molecule is Cc1cc(Oc2ccc(F)cc2Cl)ccc1Nc1snc(O)c1C(=N)N(O)Cc1ccccc1. The number of aryl methyl sites for hydroxylation is 1. The highest BCUT2D eigenvalue weighted by Gasteiger charge is 2.23. The average Bonchev–Trinajstić information content (AvgIpc) is 3.17. The van der Waals surface area contributed by atoms with Crippen molar-refractivity contribution < 1.29 is 19.4 Å². The lowest BCUT2D eigenvalue weighted by atomic mass is 10.1. The first-order chi connectivity index (χ1) is 16.3. The van der Waals surface area contributed by atoms with Gasteiger partial charge >= 0.3 is 0 Å². The summed E-state index contributed by atoms with van der Waals surface area (Å²) in [4.78, 5) is 0. The van der Waals surface area contributed by atoms with E-state index in [9.17, 15) is 14.7 Å². The van der Waals surface area contributed by atoms with E-state index in [0.29, 0.717) is 22.2 Å². The number of hydrogen-bond donors (Lipinski definition) is 4. The van der Waals surface area contributed by atoms with Crippen LogP contribution in [-0.4, -0.2) is 25.6 Å². The Morgan fingerprint density at radius 2 is 1.94 bits per heavy atom. The number of aromatic nitrogens is 1. The number of benzene rings is 3. The van der Waals surface area contributed by atoms with Crippen LogP contribution in [0, 0.1) is 18.2 Å². The summed E-state index contributed by atoms with van der Waals surface area (Å²) in [6.07, 6.45) is 0. The second kappa shape index (κ2) is 10.1. The van der Waals surface area contributed by atoms with Gasteiger partial charge in [0.2, 0.25) is 5.88 Å². The predicted molar refractivity (Wildman–Crippen MR) is 130 cm³/mol. The van der Waals surface area contributed by atoms with Crippen molar-refractivity contribution in [3.63, 3.8) is 0 Å². The van der Waals surface area contributed by atoms with Gasteiger partial charge in [0, 0.05) is 5.69 Å². The lowest BCUT2D eigenvalue weighted by Gasteiger charge is -2.18. The molecule has 0 fully saturated rings. The number of nitrogens with one attached hydrogen (secondary N) is 2. The molecule has 0 radical (unpaired) electrons. The van der Waals surface area contributed by atoms with E-state index in [4.69, 9.17) is 21.7 Å². The molecule has 0 atom stereocenters. The second-order valence-electron chi connectivity index (χ2n) is 7.38. The second-order valence-corrected chi connectivity index (χ2v) is 8.56. The molecule has 0 saturated heterocycles. The van der Waals surface area contributed by atoms with E-state index in [1.54, 1.807) is 18.2 Å². The average molecular weight is 499 g/mol. The Morgan fingerprint density at radius 3 is 2.65 bits per heavy atom. The van der Waals surface area contributed by atoms with Crippen molar-refractivity contribution in [2.75, 3.05) is 5.32 Å². The number of rotatable bonds is 7. The fourth-order valence-corrected chi connectivity index (χ4v) is 4.10. The first kappa shape index (κ1) is 23.5. The summed E-state index contributed by atoms with van der Waals surface area (Å²) >= 11 is 7.00. The molecule has 4 aromatic rings. The first-order valence-electron chi connectivity index (χ1n) is 10.1. The van der Waals surface area contributed by atoms with E-state index in [-0.39, 0.29) is 28.8 Å². The van der Waals surface area contributed by atoms with Crippen LogP contribution in [0.25, 0.3) is 0 Å². The lowest BCUT2D eigenvalue weighted by Crippen LogP contribution is -2.27. The molecule has 0 amide bonds. The lowest BCUT2D eigenvalue weighted by molar-refractivity contribution is -0.0230. The Hall–Kier alpha value is -3.66. The highest BCUT2D eigenvalue weighted by atomic mass is 35.5. The highest BCUT2D eigenvalue weighted by Crippen LogP contribution is 2.36. The van der Waals surface area contributed by atoms with Crippen molar-refractivity contribution in [1.29, 1.82) is 5.41 Å². The third kappa shape index (κ3) is 5.28. The Labute approximate surface area is 204 Å². The number of anilines is 2. The van der Waals surface area contributed by atoms with Crippen molar-refractivity contribution in [3.8, 4) is 17.4 Å². The van der Waals surface area contributed by atoms with Crippen molar-refractivity contribution in [3.05, 3.63) is 94.3 Å². The monoisotopic (exact) mass is 498 g/mol. The van der Waals surface area contributed by atoms with E-state index in [2.05, 4.69) is 9.69 Å². The molecule has 10 heteroatoms. The molecule has 4 rings (SSSR count). The summed E-state index contributed by atoms with van der Waals surface area (Å²) in [5, 5.41) is 33.5. The maximum atomic E-state index is 13.3. The Morgan fingerprint density at radius 1 is 1.18 bits per heavy atom. The molecule has 174 valence electrons. The molecular weight excluding hydrogens is 479 g/mol. The molecule has 0 bridgehead atoms. The minimum atomic E-state index is -0.451. The number of nitrogens with zero attached hydrogens (tertiary/aromatic N) is 2. The molecule has 0 saturated carbocycles. The van der Waals surface area contributed by atoms with Gasteiger partial charge in [-0.05, 0) is 66.0 Å². The third-order valence-electron chi connectivity index (χ3n) is 4.91. The fourth-order valence-electron chi connectivity index (χ4n) is 3.19. The first-order valence-corrected chi connectivity index (χ1v) is 11.3. The highest BCUT2D eigenvalue weighted by molar-refractivity contribution is 7.11. The van der Waals surface area contributed by atoms with Gasteiger partial charge in [0.25, 0.3) is 0 Å². The van der Waals surface area contributed by atoms with Gasteiger partial charge in [-0.15, -0.1) is 0 Å². The number of ether oxygens (including phenoxy) is 1. The van der Waals surface area contributed by atoms with Gasteiger partial charge in [-0.3, -0.25) is 10.6 Å². The van der Waals surface area contributed by atoms with Crippen LogP contribution in [0.15, 0.2) is 66.7 Å². The minimum absolute atomic E-state index is 0.0748. The molecule has 34 heavy (non-hydrogen) atoms. The quantitative estimate of drug-likeness (QED) is 0.128. The van der Waals surface area contributed by atoms with Crippen molar-refractivity contribution in [2.24, 2.45) is 0 Å². The number of aromatic hydroxyl groups is 1. The number of hydrogen-bond acceptors (Lipinski definition) is 7. The van der Waals surface area contributed by atoms with Gasteiger partial charge in [0.15, 0.2) is 5.84 Å². The van der Waals surface area contributed by atoms with Gasteiger partial charge in [0.05, 0.1) is 11.6 Å². The topological polar surface area (TPSA) is 102 Å². The summed E-state index contributed by atoms with van der Waals surface area (Å²) in [7, 11) is 0. The van der Waals surface area contributed by atoms with Crippen LogP contribution in [0.5, 0.6) is 17.4 Å². The summed E-state index contributed by atoms with van der Waals surface area (Å²) in [5.74, 6) is -0.268. The normalized spacial score (nSPS) is 10.7. The van der Waals surface area contributed by atoms with Crippen LogP contribution in [0.4, 0.5) is 15.1 Å². The van der Waals surface area contributed by atoms with Crippen LogP contribution >= 0.6 is 23.1 Å². The maximum Gasteiger partial charge on any atom is 0.236 e. The fraction of sp³-hybridized carbons (Fsp3) is 0.0833. The van der Waals surface area contributed by atoms with Gasteiger partial charge in [-0.25, -0.2) is 9.45 Å². The van der Waals surface area contributed by atoms with Crippen molar-refractivity contribution in [1.82, 2.24) is 9.44 Å². The third-order valence-corrected chi connectivity index (χ3v) is 5.96. The molecule has 1 heterocycles.